The molecule has 0 fully saturated rings. The van der Waals surface area contributed by atoms with Gasteiger partial charge in [-0.15, -0.1) is 0 Å². The molecule has 2 unspecified atom stereocenters. The highest BCUT2D eigenvalue weighted by atomic mass is 15.1. The van der Waals surface area contributed by atoms with Crippen molar-refractivity contribution >= 4 is 27.8 Å². The molecule has 1 nitrogen and oxygen atoms in total. The van der Waals surface area contributed by atoms with Gasteiger partial charge < -0.3 is 4.90 Å². The lowest BCUT2D eigenvalue weighted by molar-refractivity contribution is 0.460. The number of benzene rings is 9. The topological polar surface area (TPSA) is 3.24 Å². The first-order valence-corrected chi connectivity index (χ1v) is 21.0. The number of rotatable bonds is 8. The Morgan fingerprint density at radius 1 is 0.417 bits per heavy atom. The van der Waals surface area contributed by atoms with Crippen LogP contribution in [0.3, 0.4) is 0 Å². The van der Waals surface area contributed by atoms with Crippen molar-refractivity contribution in [1.29, 1.82) is 0 Å². The molecule has 0 saturated carbocycles. The third-order valence-corrected chi connectivity index (χ3v) is 12.7. The van der Waals surface area contributed by atoms with Crippen LogP contribution in [0, 0.1) is 5.92 Å². The highest BCUT2D eigenvalue weighted by molar-refractivity contribution is 6.05. The molecule has 60 heavy (non-hydrogen) atoms. The summed E-state index contributed by atoms with van der Waals surface area (Å²) in [6, 6.07) is 80.5. The molecule has 284 valence electrons. The van der Waals surface area contributed by atoms with Gasteiger partial charge in [-0.3, -0.25) is 0 Å². The Morgan fingerprint density at radius 2 is 0.950 bits per heavy atom. The molecular weight excluding hydrogens is 723 g/mol. The van der Waals surface area contributed by atoms with Crippen LogP contribution in [0.15, 0.2) is 243 Å². The van der Waals surface area contributed by atoms with Crippen LogP contribution in [0.1, 0.15) is 23.1 Å². The molecule has 0 aromatic heterocycles. The lowest BCUT2D eigenvalue weighted by atomic mass is 9.61. The third-order valence-electron chi connectivity index (χ3n) is 12.7. The third kappa shape index (κ3) is 5.93. The molecular formula is C59H43N. The van der Waals surface area contributed by atoms with Gasteiger partial charge in [0.2, 0.25) is 0 Å². The van der Waals surface area contributed by atoms with E-state index in [1.54, 1.807) is 0 Å². The Kier molecular flexibility index (Phi) is 8.94. The van der Waals surface area contributed by atoms with E-state index in [0.29, 0.717) is 0 Å². The number of hydrogen-bond acceptors (Lipinski definition) is 1. The predicted octanol–water partition coefficient (Wildman–Crippen LogP) is 15.8. The smallest absolute Gasteiger partial charge is 0.0546 e. The molecule has 2 aliphatic carbocycles. The second-order valence-electron chi connectivity index (χ2n) is 16.0. The second kappa shape index (κ2) is 15.0. The van der Waals surface area contributed by atoms with Crippen LogP contribution in [-0.4, -0.2) is 0 Å². The Hall–Kier alpha value is -7.48. The van der Waals surface area contributed by atoms with Crippen molar-refractivity contribution in [1.82, 2.24) is 0 Å². The summed E-state index contributed by atoms with van der Waals surface area (Å²) in [4.78, 5) is 2.47. The molecule has 0 spiro atoms. The van der Waals surface area contributed by atoms with E-state index in [1.807, 2.05) is 0 Å². The van der Waals surface area contributed by atoms with E-state index in [2.05, 4.69) is 248 Å². The molecule has 11 rings (SSSR count). The molecule has 0 amide bonds. The molecule has 9 aromatic carbocycles. The molecule has 2 atom stereocenters. The fourth-order valence-corrected chi connectivity index (χ4v) is 10.0. The minimum atomic E-state index is -0.404. The fraction of sp³-hybridized carbons (Fsp3) is 0.0508. The van der Waals surface area contributed by atoms with Gasteiger partial charge in [-0.2, -0.15) is 0 Å². The lowest BCUT2D eigenvalue weighted by Gasteiger charge is -2.40. The number of hydrogen-bond donors (Lipinski definition) is 0. The summed E-state index contributed by atoms with van der Waals surface area (Å²) in [5, 5.41) is 2.51. The molecule has 1 heteroatoms. The van der Waals surface area contributed by atoms with Gasteiger partial charge in [-0.25, -0.2) is 0 Å². The summed E-state index contributed by atoms with van der Waals surface area (Å²) in [6.07, 6.45) is 10.2. The van der Waals surface area contributed by atoms with Crippen molar-refractivity contribution < 1.29 is 0 Å². The van der Waals surface area contributed by atoms with Gasteiger partial charge in [-0.05, 0) is 115 Å². The molecule has 0 bridgehead atoms. The molecule has 0 aliphatic heterocycles. The molecule has 0 saturated heterocycles. The fourth-order valence-electron chi connectivity index (χ4n) is 10.0. The molecule has 0 N–H and O–H groups in total. The van der Waals surface area contributed by atoms with Gasteiger partial charge in [0.1, 0.15) is 0 Å². The maximum atomic E-state index is 2.51. The minimum Gasteiger partial charge on any atom is -0.310 e. The molecule has 0 heterocycles. The van der Waals surface area contributed by atoms with Crippen LogP contribution in [0.4, 0.5) is 17.1 Å². The largest absolute Gasteiger partial charge is 0.310 e. The number of nitrogens with zero attached hydrogens (tertiary/aromatic N) is 1. The summed E-state index contributed by atoms with van der Waals surface area (Å²) in [5.74, 6) is 0.224. The molecule has 2 aliphatic rings. The highest BCUT2D eigenvalue weighted by Gasteiger charge is 2.50. The standard InChI is InChI=1S/C59H43N/c1-6-18-42(19-7-1)44-30-35-50(36-31-44)60(51-37-32-45(33-38-51)43-20-8-2-9-21-43)57-41-55-47(40-54(57)46-22-10-3-11-23-46)34-39-53-52-28-16-17-29-56(52)59(58(53)55,48-24-12-4-13-25-48)49-26-14-5-15-27-49/h1-26,28-41,49H,27H2. The summed E-state index contributed by atoms with van der Waals surface area (Å²) in [6.45, 7) is 0. The average Bonchev–Trinajstić information content (AvgIpc) is 3.65. The predicted molar refractivity (Wildman–Crippen MR) is 253 cm³/mol. The van der Waals surface area contributed by atoms with Crippen molar-refractivity contribution in [3.63, 3.8) is 0 Å². The normalized spacial score (nSPS) is 16.4. The first-order chi connectivity index (χ1) is 29.8. The van der Waals surface area contributed by atoms with Crippen LogP contribution >= 0.6 is 0 Å². The minimum absolute atomic E-state index is 0.224. The summed E-state index contributed by atoms with van der Waals surface area (Å²) >= 11 is 0. The maximum Gasteiger partial charge on any atom is 0.0546 e. The van der Waals surface area contributed by atoms with Gasteiger partial charge in [0.05, 0.1) is 11.1 Å². The van der Waals surface area contributed by atoms with Gasteiger partial charge in [0, 0.05) is 16.9 Å². The SMILES string of the molecule is C1=CCC(C2(c3ccccc3)c3ccccc3-c3ccc4cc(-c5ccccc5)c(N(c5ccc(-c6ccccc6)cc5)c5ccc(-c6ccccc6)cc5)cc4c32)C=C1. The summed E-state index contributed by atoms with van der Waals surface area (Å²) in [7, 11) is 0. The van der Waals surface area contributed by atoms with Gasteiger partial charge in [-0.1, -0.05) is 206 Å². The summed E-state index contributed by atoms with van der Waals surface area (Å²) < 4.78 is 0. The van der Waals surface area contributed by atoms with Crippen molar-refractivity contribution in [2.45, 2.75) is 11.8 Å². The van der Waals surface area contributed by atoms with Crippen LogP contribution in [0.2, 0.25) is 0 Å². The van der Waals surface area contributed by atoms with Crippen LogP contribution in [-0.2, 0) is 5.41 Å². The van der Waals surface area contributed by atoms with Crippen molar-refractivity contribution in [3.05, 3.63) is 259 Å². The maximum absolute atomic E-state index is 2.51. The Morgan fingerprint density at radius 3 is 1.53 bits per heavy atom. The lowest BCUT2D eigenvalue weighted by Crippen LogP contribution is -2.35. The van der Waals surface area contributed by atoms with Gasteiger partial charge in [0.15, 0.2) is 0 Å². The van der Waals surface area contributed by atoms with E-state index < -0.39 is 5.41 Å². The number of allylic oxidation sites excluding steroid dienone is 4. The van der Waals surface area contributed by atoms with Crippen LogP contribution in [0.25, 0.3) is 55.3 Å². The zero-order valence-electron chi connectivity index (χ0n) is 33.3. The van der Waals surface area contributed by atoms with E-state index in [-0.39, 0.29) is 5.92 Å². The van der Waals surface area contributed by atoms with Crippen molar-refractivity contribution in [2.24, 2.45) is 5.92 Å². The van der Waals surface area contributed by atoms with E-state index >= 15 is 0 Å². The Labute approximate surface area is 352 Å². The van der Waals surface area contributed by atoms with E-state index in [1.165, 1.54) is 72.0 Å². The highest BCUT2D eigenvalue weighted by Crippen LogP contribution is 2.60. The monoisotopic (exact) mass is 765 g/mol. The van der Waals surface area contributed by atoms with E-state index in [9.17, 15) is 0 Å². The van der Waals surface area contributed by atoms with Crippen molar-refractivity contribution in [3.8, 4) is 44.5 Å². The number of fused-ring (bicyclic) bond motifs is 5. The van der Waals surface area contributed by atoms with E-state index in [4.69, 9.17) is 0 Å². The summed E-state index contributed by atoms with van der Waals surface area (Å²) in [5.41, 5.74) is 16.8. The van der Waals surface area contributed by atoms with Gasteiger partial charge in [0.25, 0.3) is 0 Å². The first-order valence-electron chi connectivity index (χ1n) is 21.0. The van der Waals surface area contributed by atoms with E-state index in [0.717, 1.165) is 23.5 Å². The zero-order chi connectivity index (χ0) is 39.9. The van der Waals surface area contributed by atoms with Crippen LogP contribution < -0.4 is 4.90 Å². The second-order valence-corrected chi connectivity index (χ2v) is 16.0. The Bertz CT molecular complexity index is 2940. The van der Waals surface area contributed by atoms with Crippen LogP contribution in [0.5, 0.6) is 0 Å². The number of anilines is 3. The molecule has 0 radical (unpaired) electrons. The average molecular weight is 766 g/mol. The Balaban J connectivity index is 1.21. The van der Waals surface area contributed by atoms with Gasteiger partial charge >= 0.3 is 0 Å². The first kappa shape index (κ1) is 35.7. The molecule has 9 aromatic rings. The quantitative estimate of drug-likeness (QED) is 0.149. The zero-order valence-corrected chi connectivity index (χ0v) is 33.3. The van der Waals surface area contributed by atoms with Crippen molar-refractivity contribution in [2.75, 3.05) is 4.90 Å².